The molecule has 0 atom stereocenters. The van der Waals surface area contributed by atoms with Gasteiger partial charge in [0.05, 0.1) is 16.3 Å². The molecule has 0 aliphatic heterocycles. The van der Waals surface area contributed by atoms with E-state index in [0.29, 0.717) is 0 Å². The highest BCUT2D eigenvalue weighted by Crippen LogP contribution is 2.33. The minimum absolute atomic E-state index is 0.0980. The van der Waals surface area contributed by atoms with Crippen molar-refractivity contribution in [2.24, 2.45) is 5.10 Å². The van der Waals surface area contributed by atoms with Crippen LogP contribution in [0.4, 0.5) is 18.9 Å². The Morgan fingerprint density at radius 2 is 1.77 bits per heavy atom. The molecule has 2 aromatic rings. The number of halogens is 4. The molecule has 6 heteroatoms. The number of alkyl halides is 3. The normalized spacial score (nSPS) is 12.2. The summed E-state index contributed by atoms with van der Waals surface area (Å²) >= 11 is 5.83. The summed E-state index contributed by atoms with van der Waals surface area (Å²) in [6.45, 7) is 0. The maximum absolute atomic E-state index is 12.6. The molecule has 0 aromatic heterocycles. The fraction of sp³-hybridized carbons (Fsp3) is 0.0625. The molecule has 1 N–H and O–H groups in total. The number of allylic oxidation sites excluding steroid dienone is 1. The van der Waals surface area contributed by atoms with E-state index in [1.165, 1.54) is 12.3 Å². The molecule has 0 bridgehead atoms. The molecule has 0 unspecified atom stereocenters. The molecular weight excluding hydrogens is 313 g/mol. The summed E-state index contributed by atoms with van der Waals surface area (Å²) in [5, 5.41) is 3.99. The largest absolute Gasteiger partial charge is 0.416 e. The number of nitrogens with zero attached hydrogens (tertiary/aromatic N) is 1. The van der Waals surface area contributed by atoms with Gasteiger partial charge in [-0.25, -0.2) is 0 Å². The Balaban J connectivity index is 2.02. The first kappa shape index (κ1) is 16.1. The van der Waals surface area contributed by atoms with Crippen molar-refractivity contribution in [3.63, 3.8) is 0 Å². The highest BCUT2D eigenvalue weighted by atomic mass is 35.5. The van der Waals surface area contributed by atoms with Crippen molar-refractivity contribution in [3.8, 4) is 0 Å². The van der Waals surface area contributed by atoms with Crippen LogP contribution in [0.5, 0.6) is 0 Å². The molecule has 0 spiro atoms. The van der Waals surface area contributed by atoms with Gasteiger partial charge >= 0.3 is 6.18 Å². The Morgan fingerprint density at radius 1 is 1.05 bits per heavy atom. The Kier molecular flexibility index (Phi) is 5.22. The summed E-state index contributed by atoms with van der Waals surface area (Å²) in [7, 11) is 0. The zero-order valence-electron chi connectivity index (χ0n) is 11.3. The van der Waals surface area contributed by atoms with Gasteiger partial charge in [-0.2, -0.15) is 18.3 Å². The van der Waals surface area contributed by atoms with Gasteiger partial charge in [0.25, 0.3) is 0 Å². The van der Waals surface area contributed by atoms with Gasteiger partial charge in [0.2, 0.25) is 0 Å². The summed E-state index contributed by atoms with van der Waals surface area (Å²) < 4.78 is 37.8. The number of anilines is 1. The summed E-state index contributed by atoms with van der Waals surface area (Å²) in [5.41, 5.74) is 2.80. The molecule has 0 amide bonds. The van der Waals surface area contributed by atoms with Crippen LogP contribution in [0.25, 0.3) is 6.08 Å². The maximum Gasteiger partial charge on any atom is 0.416 e. The fourth-order valence-electron chi connectivity index (χ4n) is 1.66. The average molecular weight is 325 g/mol. The second kappa shape index (κ2) is 7.13. The van der Waals surface area contributed by atoms with Crippen LogP contribution in [-0.2, 0) is 6.18 Å². The summed E-state index contributed by atoms with van der Waals surface area (Å²) in [4.78, 5) is 0. The van der Waals surface area contributed by atoms with Gasteiger partial charge < -0.3 is 0 Å². The third kappa shape index (κ3) is 4.63. The van der Waals surface area contributed by atoms with Crippen molar-refractivity contribution >= 4 is 29.6 Å². The monoisotopic (exact) mass is 324 g/mol. The van der Waals surface area contributed by atoms with Gasteiger partial charge in [-0.15, -0.1) is 0 Å². The molecule has 2 nitrogen and oxygen atoms in total. The molecule has 0 saturated heterocycles. The zero-order valence-corrected chi connectivity index (χ0v) is 12.1. The van der Waals surface area contributed by atoms with Crippen molar-refractivity contribution in [2.45, 2.75) is 6.18 Å². The molecule has 22 heavy (non-hydrogen) atoms. The molecule has 0 aliphatic carbocycles. The molecule has 0 aliphatic rings. The minimum atomic E-state index is -4.42. The van der Waals surface area contributed by atoms with Crippen LogP contribution < -0.4 is 5.43 Å². The molecule has 0 radical (unpaired) electrons. The lowest BCUT2D eigenvalue weighted by Gasteiger charge is -2.09. The van der Waals surface area contributed by atoms with Crippen LogP contribution in [-0.4, -0.2) is 6.21 Å². The molecule has 0 heterocycles. The van der Waals surface area contributed by atoms with Gasteiger partial charge in [-0.1, -0.05) is 48.0 Å². The first-order chi connectivity index (χ1) is 10.5. The van der Waals surface area contributed by atoms with Crippen LogP contribution >= 0.6 is 11.6 Å². The van der Waals surface area contributed by atoms with Crippen molar-refractivity contribution in [2.75, 3.05) is 5.43 Å². The Bertz CT molecular complexity index is 680. The standard InChI is InChI=1S/C16H12ClF3N2/c17-14-9-8-13(16(18,19)20)11-15(14)22-21-10-4-7-12-5-2-1-3-6-12/h1-11,22H. The van der Waals surface area contributed by atoms with E-state index < -0.39 is 11.7 Å². The molecule has 2 aromatic carbocycles. The van der Waals surface area contributed by atoms with E-state index >= 15 is 0 Å². The van der Waals surface area contributed by atoms with Gasteiger partial charge in [0, 0.05) is 6.21 Å². The van der Waals surface area contributed by atoms with Crippen LogP contribution in [0.2, 0.25) is 5.02 Å². The van der Waals surface area contributed by atoms with E-state index in [2.05, 4.69) is 10.5 Å². The van der Waals surface area contributed by atoms with Crippen LogP contribution in [0.15, 0.2) is 59.7 Å². The van der Waals surface area contributed by atoms with Gasteiger partial charge in [-0.05, 0) is 29.8 Å². The molecular formula is C16H12ClF3N2. The van der Waals surface area contributed by atoms with E-state index in [9.17, 15) is 13.2 Å². The lowest BCUT2D eigenvalue weighted by molar-refractivity contribution is -0.137. The smallest absolute Gasteiger partial charge is 0.277 e. The zero-order chi connectivity index (χ0) is 16.0. The van der Waals surface area contributed by atoms with E-state index in [0.717, 1.165) is 17.7 Å². The van der Waals surface area contributed by atoms with Crippen LogP contribution in [0, 0.1) is 0 Å². The lowest BCUT2D eigenvalue weighted by Crippen LogP contribution is -2.05. The van der Waals surface area contributed by atoms with Crippen LogP contribution in [0.1, 0.15) is 11.1 Å². The van der Waals surface area contributed by atoms with Crippen molar-refractivity contribution in [3.05, 3.63) is 70.8 Å². The van der Waals surface area contributed by atoms with E-state index in [4.69, 9.17) is 11.6 Å². The first-order valence-electron chi connectivity index (χ1n) is 6.34. The number of hydrogen-bond acceptors (Lipinski definition) is 2. The number of rotatable bonds is 4. The van der Waals surface area contributed by atoms with E-state index in [1.54, 1.807) is 6.08 Å². The second-order valence-corrected chi connectivity index (χ2v) is 4.76. The Hall–Kier alpha value is -2.27. The Morgan fingerprint density at radius 3 is 2.45 bits per heavy atom. The van der Waals surface area contributed by atoms with Gasteiger partial charge in [0.1, 0.15) is 0 Å². The predicted molar refractivity (Wildman–Crippen MR) is 84.0 cm³/mol. The molecule has 0 fully saturated rings. The van der Waals surface area contributed by atoms with E-state index in [1.807, 2.05) is 36.4 Å². The number of hydrogen-bond donors (Lipinski definition) is 1. The predicted octanol–water partition coefficient (Wildman–Crippen LogP) is 5.47. The van der Waals surface area contributed by atoms with Crippen molar-refractivity contribution in [1.82, 2.24) is 0 Å². The quantitative estimate of drug-likeness (QED) is 0.585. The maximum atomic E-state index is 12.6. The van der Waals surface area contributed by atoms with E-state index in [-0.39, 0.29) is 10.7 Å². The summed E-state index contributed by atoms with van der Waals surface area (Å²) in [6.07, 6.45) is 0.504. The first-order valence-corrected chi connectivity index (χ1v) is 6.72. The fourth-order valence-corrected chi connectivity index (χ4v) is 1.82. The summed E-state index contributed by atoms with van der Waals surface area (Å²) in [6, 6.07) is 12.6. The van der Waals surface area contributed by atoms with Gasteiger partial charge in [0.15, 0.2) is 0 Å². The lowest BCUT2D eigenvalue weighted by atomic mass is 10.2. The topological polar surface area (TPSA) is 24.4 Å². The molecule has 0 saturated carbocycles. The Labute approximate surface area is 130 Å². The third-order valence-electron chi connectivity index (χ3n) is 2.73. The number of nitrogens with one attached hydrogen (secondary N) is 1. The minimum Gasteiger partial charge on any atom is -0.277 e. The van der Waals surface area contributed by atoms with Gasteiger partial charge in [-0.3, -0.25) is 5.43 Å². The number of hydrazone groups is 1. The summed E-state index contributed by atoms with van der Waals surface area (Å²) in [5.74, 6) is 0. The number of benzene rings is 2. The third-order valence-corrected chi connectivity index (χ3v) is 3.06. The molecule has 114 valence electrons. The molecule has 2 rings (SSSR count). The average Bonchev–Trinajstić information content (AvgIpc) is 2.48. The highest BCUT2D eigenvalue weighted by molar-refractivity contribution is 6.33. The van der Waals surface area contributed by atoms with Crippen molar-refractivity contribution < 1.29 is 13.2 Å². The van der Waals surface area contributed by atoms with Crippen LogP contribution in [0.3, 0.4) is 0 Å². The van der Waals surface area contributed by atoms with Crippen molar-refractivity contribution in [1.29, 1.82) is 0 Å². The highest BCUT2D eigenvalue weighted by Gasteiger charge is 2.30. The SMILES string of the molecule is FC(F)(F)c1ccc(Cl)c(NN=CC=Cc2ccccc2)c1. The second-order valence-electron chi connectivity index (χ2n) is 4.35.